The van der Waals surface area contributed by atoms with Gasteiger partial charge in [0, 0.05) is 10.7 Å². The Morgan fingerprint density at radius 1 is 1.05 bits per heavy atom. The smallest absolute Gasteiger partial charge is 0.338 e. The Morgan fingerprint density at radius 2 is 1.76 bits per heavy atom. The lowest BCUT2D eigenvalue weighted by molar-refractivity contribution is -0.139. The number of hydrogen-bond acceptors (Lipinski definition) is 7. The first-order valence-electron chi connectivity index (χ1n) is 13.3. The maximum Gasteiger partial charge on any atom is 0.338 e. The zero-order valence-corrected chi connectivity index (χ0v) is 24.8. The summed E-state index contributed by atoms with van der Waals surface area (Å²) in [6, 6.07) is 20.9. The summed E-state index contributed by atoms with van der Waals surface area (Å²) in [5.41, 5.74) is 3.52. The number of hydrogen-bond donors (Lipinski definition) is 1. The molecule has 1 aliphatic rings. The molecule has 2 heterocycles. The average Bonchev–Trinajstić information content (AvgIpc) is 3.27. The molecule has 0 saturated carbocycles. The van der Waals surface area contributed by atoms with Gasteiger partial charge in [0.2, 0.25) is 0 Å². The molecule has 10 heteroatoms. The van der Waals surface area contributed by atoms with E-state index in [4.69, 9.17) is 21.1 Å². The number of thiazole rings is 1. The lowest BCUT2D eigenvalue weighted by Crippen LogP contribution is -2.40. The van der Waals surface area contributed by atoms with Crippen LogP contribution in [0.1, 0.15) is 36.6 Å². The third-order valence-electron chi connectivity index (χ3n) is 6.68. The molecule has 0 bridgehead atoms. The van der Waals surface area contributed by atoms with Gasteiger partial charge >= 0.3 is 5.97 Å². The molecule has 1 aliphatic heterocycles. The number of amides is 1. The van der Waals surface area contributed by atoms with Crippen LogP contribution < -0.4 is 24.9 Å². The number of aromatic nitrogens is 1. The van der Waals surface area contributed by atoms with Gasteiger partial charge in [0.25, 0.3) is 11.5 Å². The summed E-state index contributed by atoms with van der Waals surface area (Å²) >= 11 is 7.78. The predicted octanol–water partition coefficient (Wildman–Crippen LogP) is 4.78. The van der Waals surface area contributed by atoms with Crippen LogP contribution in [0.2, 0.25) is 5.02 Å². The summed E-state index contributed by atoms with van der Waals surface area (Å²) < 4.78 is 12.9. The zero-order chi connectivity index (χ0) is 29.8. The van der Waals surface area contributed by atoms with Crippen molar-refractivity contribution >= 4 is 46.6 Å². The van der Waals surface area contributed by atoms with Crippen LogP contribution in [0.5, 0.6) is 5.75 Å². The minimum atomic E-state index is -0.780. The maximum absolute atomic E-state index is 13.8. The average molecular weight is 602 g/mol. The molecule has 1 amide bonds. The van der Waals surface area contributed by atoms with Crippen molar-refractivity contribution in [3.05, 3.63) is 125 Å². The molecule has 0 spiro atoms. The van der Waals surface area contributed by atoms with E-state index in [1.165, 1.54) is 15.9 Å². The molecule has 0 radical (unpaired) electrons. The lowest BCUT2D eigenvalue weighted by Gasteiger charge is -2.25. The number of halogens is 1. The second kappa shape index (κ2) is 12.6. The first kappa shape index (κ1) is 29.0. The monoisotopic (exact) mass is 601 g/mol. The van der Waals surface area contributed by atoms with E-state index in [1.807, 2.05) is 37.3 Å². The number of nitrogens with zero attached hydrogens (tertiary/aromatic N) is 2. The highest BCUT2D eigenvalue weighted by molar-refractivity contribution is 7.07. The van der Waals surface area contributed by atoms with Crippen LogP contribution >= 0.6 is 22.9 Å². The van der Waals surface area contributed by atoms with E-state index in [1.54, 1.807) is 62.4 Å². The van der Waals surface area contributed by atoms with Crippen molar-refractivity contribution < 1.29 is 19.1 Å². The van der Waals surface area contributed by atoms with E-state index in [0.717, 1.165) is 16.8 Å². The van der Waals surface area contributed by atoms with Crippen molar-refractivity contribution in [2.45, 2.75) is 26.8 Å². The lowest BCUT2D eigenvalue weighted by atomic mass is 9.96. The molecule has 0 saturated heterocycles. The van der Waals surface area contributed by atoms with Crippen molar-refractivity contribution in [1.29, 1.82) is 0 Å². The Balaban J connectivity index is 1.41. The first-order chi connectivity index (χ1) is 20.3. The number of ether oxygens (including phenoxy) is 2. The van der Waals surface area contributed by atoms with Crippen LogP contribution in [0.3, 0.4) is 0 Å². The van der Waals surface area contributed by atoms with Gasteiger partial charge in [-0.25, -0.2) is 9.79 Å². The summed E-state index contributed by atoms with van der Waals surface area (Å²) in [6.45, 7) is 5.42. The number of para-hydroxylation sites is 1. The number of nitrogens with one attached hydrogen (secondary N) is 1. The SMILES string of the molecule is CCOC(=O)C1=C(C)N=c2s/c(=C/c3ccc(OCC(=O)Nc4ccccc4C)cc3)c(=O)n2[C@@H]1c1ccccc1Cl. The number of fused-ring (bicyclic) bond motifs is 1. The minimum Gasteiger partial charge on any atom is -0.484 e. The second-order valence-electron chi connectivity index (χ2n) is 9.54. The van der Waals surface area contributed by atoms with Crippen molar-refractivity contribution in [3.63, 3.8) is 0 Å². The van der Waals surface area contributed by atoms with Crippen molar-refractivity contribution in [2.75, 3.05) is 18.5 Å². The first-order valence-corrected chi connectivity index (χ1v) is 14.5. The molecule has 8 nitrogen and oxygen atoms in total. The Morgan fingerprint density at radius 3 is 2.48 bits per heavy atom. The van der Waals surface area contributed by atoms with Crippen LogP contribution in [-0.4, -0.2) is 29.7 Å². The van der Waals surface area contributed by atoms with E-state index < -0.39 is 12.0 Å². The van der Waals surface area contributed by atoms with Crippen LogP contribution in [0.25, 0.3) is 6.08 Å². The van der Waals surface area contributed by atoms with Gasteiger partial charge < -0.3 is 14.8 Å². The van der Waals surface area contributed by atoms with Gasteiger partial charge in [-0.2, -0.15) is 0 Å². The van der Waals surface area contributed by atoms with E-state index in [-0.39, 0.29) is 30.3 Å². The van der Waals surface area contributed by atoms with E-state index in [9.17, 15) is 14.4 Å². The fourth-order valence-electron chi connectivity index (χ4n) is 4.64. The molecular formula is C32H28ClN3O5S. The number of esters is 1. The molecule has 214 valence electrons. The zero-order valence-electron chi connectivity index (χ0n) is 23.2. The molecule has 0 unspecified atom stereocenters. The minimum absolute atomic E-state index is 0.142. The topological polar surface area (TPSA) is 99.0 Å². The van der Waals surface area contributed by atoms with Gasteiger partial charge in [0.05, 0.1) is 22.4 Å². The van der Waals surface area contributed by atoms with Crippen molar-refractivity contribution in [2.24, 2.45) is 4.99 Å². The standard InChI is InChI=1S/C32H28ClN3O5S/c1-4-40-31(39)28-20(3)34-32-36(29(28)23-10-6-7-11-24(23)33)30(38)26(42-32)17-21-13-15-22(16-14-21)41-18-27(37)35-25-12-8-5-9-19(25)2/h5-17,29H,4,18H2,1-3H3,(H,35,37)/b26-17+/t29-/m1/s1. The summed E-state index contributed by atoms with van der Waals surface area (Å²) in [5.74, 6) is -0.289. The maximum atomic E-state index is 13.8. The van der Waals surface area contributed by atoms with Gasteiger partial charge in [-0.1, -0.05) is 71.5 Å². The molecule has 1 atom stereocenters. The molecule has 1 N–H and O–H groups in total. The second-order valence-corrected chi connectivity index (χ2v) is 11.0. The number of rotatable bonds is 8. The predicted molar refractivity (Wildman–Crippen MR) is 164 cm³/mol. The fourth-order valence-corrected chi connectivity index (χ4v) is 5.93. The fraction of sp³-hybridized carbons (Fsp3) is 0.188. The molecule has 0 aliphatic carbocycles. The van der Waals surface area contributed by atoms with Gasteiger partial charge in [0.1, 0.15) is 11.8 Å². The number of aryl methyl sites for hydroxylation is 1. The van der Waals surface area contributed by atoms with Crippen LogP contribution in [0.4, 0.5) is 5.69 Å². The molecule has 42 heavy (non-hydrogen) atoms. The third-order valence-corrected chi connectivity index (χ3v) is 8.01. The summed E-state index contributed by atoms with van der Waals surface area (Å²) in [4.78, 5) is 44.2. The van der Waals surface area contributed by atoms with Gasteiger partial charge in [-0.3, -0.25) is 14.2 Å². The Bertz CT molecular complexity index is 1870. The largest absolute Gasteiger partial charge is 0.484 e. The third kappa shape index (κ3) is 6.07. The number of benzene rings is 3. The molecule has 3 aromatic carbocycles. The van der Waals surface area contributed by atoms with Gasteiger partial charge in [-0.15, -0.1) is 0 Å². The van der Waals surface area contributed by atoms with E-state index >= 15 is 0 Å². The number of carbonyl (C=O) groups excluding carboxylic acids is 2. The Labute approximate surface area is 251 Å². The number of carbonyl (C=O) groups is 2. The highest BCUT2D eigenvalue weighted by Crippen LogP contribution is 2.34. The number of anilines is 1. The Hall–Kier alpha value is -4.47. The summed E-state index contributed by atoms with van der Waals surface area (Å²) in [5, 5.41) is 3.27. The highest BCUT2D eigenvalue weighted by Gasteiger charge is 2.34. The Kier molecular flexibility index (Phi) is 8.70. The normalized spacial score (nSPS) is 14.7. The molecule has 0 fully saturated rings. The molecule has 5 rings (SSSR count). The van der Waals surface area contributed by atoms with Crippen molar-refractivity contribution in [3.8, 4) is 5.75 Å². The van der Waals surface area contributed by atoms with Gasteiger partial charge in [-0.05, 0) is 67.8 Å². The van der Waals surface area contributed by atoms with Crippen molar-refractivity contribution in [1.82, 2.24) is 4.57 Å². The quantitative estimate of drug-likeness (QED) is 0.293. The van der Waals surface area contributed by atoms with Gasteiger partial charge in [0.15, 0.2) is 11.4 Å². The van der Waals surface area contributed by atoms with Crippen LogP contribution in [-0.2, 0) is 14.3 Å². The molecule has 1 aromatic heterocycles. The molecule has 4 aromatic rings. The van der Waals surface area contributed by atoms with E-state index in [2.05, 4.69) is 10.3 Å². The van der Waals surface area contributed by atoms with E-state index in [0.29, 0.717) is 31.4 Å². The van der Waals surface area contributed by atoms with Crippen LogP contribution in [0.15, 0.2) is 93.9 Å². The summed E-state index contributed by atoms with van der Waals surface area (Å²) in [7, 11) is 0. The summed E-state index contributed by atoms with van der Waals surface area (Å²) in [6.07, 6.45) is 1.76. The van der Waals surface area contributed by atoms with Crippen LogP contribution in [0, 0.1) is 6.92 Å². The number of allylic oxidation sites excluding steroid dienone is 1. The molecular weight excluding hydrogens is 574 g/mol. The highest BCUT2D eigenvalue weighted by atomic mass is 35.5.